The Labute approximate surface area is 145 Å². The standard InChI is InChI=1S/C16H20N6O2S/c1-3-16(9-21(10-16)25(23,24)4-2)22-8-12(7-20-22)14-13-5-6-17-15(13)19-11-18-14/h5-8,11H,3-4,9-10H2,1-2H3,(H,17,18,19). The van der Waals surface area contributed by atoms with E-state index >= 15 is 0 Å². The summed E-state index contributed by atoms with van der Waals surface area (Å²) in [5.41, 5.74) is 2.22. The first-order chi connectivity index (χ1) is 12.0. The van der Waals surface area contributed by atoms with Gasteiger partial charge in [-0.15, -0.1) is 0 Å². The van der Waals surface area contributed by atoms with Crippen molar-refractivity contribution in [3.8, 4) is 11.3 Å². The summed E-state index contributed by atoms with van der Waals surface area (Å²) in [7, 11) is -3.15. The summed E-state index contributed by atoms with van der Waals surface area (Å²) >= 11 is 0. The molecule has 0 unspecified atom stereocenters. The summed E-state index contributed by atoms with van der Waals surface area (Å²) < 4.78 is 27.5. The highest BCUT2D eigenvalue weighted by Crippen LogP contribution is 2.35. The molecule has 0 spiro atoms. The predicted molar refractivity (Wildman–Crippen MR) is 94.4 cm³/mol. The van der Waals surface area contributed by atoms with E-state index in [1.54, 1.807) is 13.1 Å². The van der Waals surface area contributed by atoms with Crippen LogP contribution in [0.1, 0.15) is 20.3 Å². The van der Waals surface area contributed by atoms with Crippen molar-refractivity contribution in [3.63, 3.8) is 0 Å². The van der Waals surface area contributed by atoms with Crippen LogP contribution in [0.25, 0.3) is 22.3 Å². The lowest BCUT2D eigenvalue weighted by atomic mass is 9.89. The zero-order chi connectivity index (χ0) is 17.7. The van der Waals surface area contributed by atoms with Crippen LogP contribution in [0.2, 0.25) is 0 Å². The van der Waals surface area contributed by atoms with Gasteiger partial charge >= 0.3 is 0 Å². The van der Waals surface area contributed by atoms with Crippen LogP contribution < -0.4 is 0 Å². The average Bonchev–Trinajstić information content (AvgIpc) is 3.23. The van der Waals surface area contributed by atoms with Crippen LogP contribution in [0.5, 0.6) is 0 Å². The number of nitrogens with one attached hydrogen (secondary N) is 1. The van der Waals surface area contributed by atoms with Crippen molar-refractivity contribution in [1.82, 2.24) is 29.0 Å². The van der Waals surface area contributed by atoms with E-state index in [9.17, 15) is 8.42 Å². The number of fused-ring (bicyclic) bond motifs is 1. The van der Waals surface area contributed by atoms with Gasteiger partial charge < -0.3 is 4.98 Å². The number of hydrogen-bond donors (Lipinski definition) is 1. The summed E-state index contributed by atoms with van der Waals surface area (Å²) in [6.07, 6.45) is 7.91. The fourth-order valence-corrected chi connectivity index (χ4v) is 4.57. The van der Waals surface area contributed by atoms with E-state index in [1.807, 2.05) is 23.1 Å². The molecule has 1 aliphatic heterocycles. The van der Waals surface area contributed by atoms with E-state index in [-0.39, 0.29) is 11.3 Å². The second-order valence-corrected chi connectivity index (χ2v) is 8.64. The number of rotatable bonds is 5. The molecule has 0 bridgehead atoms. The zero-order valence-corrected chi connectivity index (χ0v) is 15.0. The molecule has 3 aromatic rings. The van der Waals surface area contributed by atoms with E-state index in [1.165, 1.54) is 10.6 Å². The molecule has 0 atom stereocenters. The minimum Gasteiger partial charge on any atom is -0.346 e. The largest absolute Gasteiger partial charge is 0.346 e. The summed E-state index contributed by atoms with van der Waals surface area (Å²) in [6, 6.07) is 1.94. The van der Waals surface area contributed by atoms with Gasteiger partial charge in [-0.3, -0.25) is 4.68 Å². The molecule has 1 aliphatic rings. The third-order valence-corrected chi connectivity index (χ3v) is 6.83. The molecule has 0 saturated carbocycles. The molecule has 4 heterocycles. The average molecular weight is 360 g/mol. The molecule has 25 heavy (non-hydrogen) atoms. The zero-order valence-electron chi connectivity index (χ0n) is 14.2. The van der Waals surface area contributed by atoms with Gasteiger partial charge in [0.05, 0.1) is 23.2 Å². The molecule has 1 fully saturated rings. The van der Waals surface area contributed by atoms with Crippen LogP contribution in [0.3, 0.4) is 0 Å². The fourth-order valence-electron chi connectivity index (χ4n) is 3.33. The molecule has 1 saturated heterocycles. The SMILES string of the molecule is CCC1(n2cc(-c3ncnc4[nH]ccc34)cn2)CN(S(=O)(=O)CC)C1. The van der Waals surface area contributed by atoms with Gasteiger partial charge in [-0.25, -0.2) is 18.4 Å². The molecule has 0 amide bonds. The Morgan fingerprint density at radius 2 is 2.08 bits per heavy atom. The lowest BCUT2D eigenvalue weighted by Gasteiger charge is -2.48. The Hall–Kier alpha value is -2.26. The van der Waals surface area contributed by atoms with Crippen LogP contribution >= 0.6 is 0 Å². The highest BCUT2D eigenvalue weighted by Gasteiger charge is 2.48. The van der Waals surface area contributed by atoms with E-state index in [0.29, 0.717) is 13.1 Å². The number of aromatic nitrogens is 5. The van der Waals surface area contributed by atoms with Gasteiger partial charge in [-0.2, -0.15) is 9.40 Å². The van der Waals surface area contributed by atoms with Crippen molar-refractivity contribution in [2.24, 2.45) is 0 Å². The summed E-state index contributed by atoms with van der Waals surface area (Å²) in [5, 5.41) is 5.46. The van der Waals surface area contributed by atoms with E-state index in [0.717, 1.165) is 28.7 Å². The van der Waals surface area contributed by atoms with E-state index < -0.39 is 10.0 Å². The maximum Gasteiger partial charge on any atom is 0.213 e. The van der Waals surface area contributed by atoms with Crippen LogP contribution in [-0.2, 0) is 15.6 Å². The van der Waals surface area contributed by atoms with Crippen molar-refractivity contribution in [2.75, 3.05) is 18.8 Å². The molecule has 0 radical (unpaired) electrons. The fraction of sp³-hybridized carbons (Fsp3) is 0.438. The van der Waals surface area contributed by atoms with Gasteiger partial charge in [-0.05, 0) is 19.4 Å². The Bertz CT molecular complexity index is 1020. The quantitative estimate of drug-likeness (QED) is 0.745. The van der Waals surface area contributed by atoms with Crippen molar-refractivity contribution < 1.29 is 8.42 Å². The Morgan fingerprint density at radius 1 is 1.28 bits per heavy atom. The van der Waals surface area contributed by atoms with Crippen LogP contribution in [0.4, 0.5) is 0 Å². The van der Waals surface area contributed by atoms with Crippen LogP contribution in [-0.4, -0.2) is 56.3 Å². The number of nitrogens with zero attached hydrogens (tertiary/aromatic N) is 5. The molecule has 0 aliphatic carbocycles. The number of sulfonamides is 1. The summed E-state index contributed by atoms with van der Waals surface area (Å²) in [5.74, 6) is 0.129. The van der Waals surface area contributed by atoms with Crippen molar-refractivity contribution in [3.05, 3.63) is 31.0 Å². The highest BCUT2D eigenvalue weighted by molar-refractivity contribution is 7.89. The molecule has 4 rings (SSSR count). The van der Waals surface area contributed by atoms with Gasteiger partial charge in [0.1, 0.15) is 12.0 Å². The smallest absolute Gasteiger partial charge is 0.213 e. The topological polar surface area (TPSA) is 96.8 Å². The minimum atomic E-state index is -3.15. The predicted octanol–water partition coefficient (Wildman–Crippen LogP) is 1.59. The van der Waals surface area contributed by atoms with Crippen molar-refractivity contribution >= 4 is 21.1 Å². The second-order valence-electron chi connectivity index (χ2n) is 6.38. The Kier molecular flexibility index (Phi) is 3.66. The molecule has 0 aromatic carbocycles. The lowest BCUT2D eigenvalue weighted by molar-refractivity contribution is 0.0634. The minimum absolute atomic E-state index is 0.129. The second kappa shape index (κ2) is 5.63. The van der Waals surface area contributed by atoms with Crippen LogP contribution in [0.15, 0.2) is 31.0 Å². The first kappa shape index (κ1) is 16.2. The number of H-pyrrole nitrogens is 1. The summed E-state index contributed by atoms with van der Waals surface area (Å²) in [4.78, 5) is 11.7. The van der Waals surface area contributed by atoms with E-state index in [4.69, 9.17) is 0 Å². The maximum atomic E-state index is 12.0. The molecule has 3 aromatic heterocycles. The molecule has 8 nitrogen and oxygen atoms in total. The van der Waals surface area contributed by atoms with Gasteiger partial charge in [0.2, 0.25) is 10.0 Å². The van der Waals surface area contributed by atoms with Gasteiger partial charge in [0.15, 0.2) is 0 Å². The maximum absolute atomic E-state index is 12.0. The highest BCUT2D eigenvalue weighted by atomic mass is 32.2. The number of aromatic amines is 1. The summed E-state index contributed by atoms with van der Waals surface area (Å²) in [6.45, 7) is 4.66. The molecular formula is C16H20N6O2S. The first-order valence-electron chi connectivity index (χ1n) is 8.30. The molecule has 9 heteroatoms. The van der Waals surface area contributed by atoms with Gasteiger partial charge in [0.25, 0.3) is 0 Å². The monoisotopic (exact) mass is 360 g/mol. The molecule has 1 N–H and O–H groups in total. The molecule has 132 valence electrons. The van der Waals surface area contributed by atoms with Gasteiger partial charge in [0, 0.05) is 36.4 Å². The first-order valence-corrected chi connectivity index (χ1v) is 9.91. The lowest BCUT2D eigenvalue weighted by Crippen LogP contribution is -2.64. The Balaban J connectivity index is 1.66. The number of hydrogen-bond acceptors (Lipinski definition) is 5. The van der Waals surface area contributed by atoms with Crippen LogP contribution in [0, 0.1) is 0 Å². The third-order valence-electron chi connectivity index (χ3n) is 5.05. The van der Waals surface area contributed by atoms with Gasteiger partial charge in [-0.1, -0.05) is 6.92 Å². The van der Waals surface area contributed by atoms with Crippen molar-refractivity contribution in [1.29, 1.82) is 0 Å². The third kappa shape index (κ3) is 2.46. The van der Waals surface area contributed by atoms with Crippen molar-refractivity contribution in [2.45, 2.75) is 25.8 Å². The van der Waals surface area contributed by atoms with E-state index in [2.05, 4.69) is 27.0 Å². The normalized spacial score (nSPS) is 17.7. The molecular weight excluding hydrogens is 340 g/mol. The Morgan fingerprint density at radius 3 is 2.80 bits per heavy atom.